The number of hydrogen-bond donors (Lipinski definition) is 1. The van der Waals surface area contributed by atoms with Gasteiger partial charge < -0.3 is 5.32 Å². The predicted molar refractivity (Wildman–Crippen MR) is 66.9 cm³/mol. The Balaban J connectivity index is 2.41. The molecule has 1 heterocycles. The van der Waals surface area contributed by atoms with Crippen LogP contribution < -0.4 is 5.32 Å². The fraction of sp³-hybridized carbons (Fsp3) is 0.818. The minimum absolute atomic E-state index is 0.280. The Hall–Kier alpha value is -0.390. The van der Waals surface area contributed by atoms with Crippen LogP contribution in [0.15, 0.2) is 11.6 Å². The molecule has 0 unspecified atom stereocenters. The molecule has 5 heteroatoms. The molecular formula is C11H22N2O2S. The molecule has 94 valence electrons. The molecule has 0 amide bonds. The molecule has 0 aliphatic carbocycles. The number of nitrogens with zero attached hydrogens (tertiary/aromatic N) is 1. The summed E-state index contributed by atoms with van der Waals surface area (Å²) in [7, 11) is -1.15. The van der Waals surface area contributed by atoms with Crippen LogP contribution >= 0.6 is 0 Å². The highest BCUT2D eigenvalue weighted by molar-refractivity contribution is 7.89. The minimum atomic E-state index is -3.03. The zero-order chi connectivity index (χ0) is 12.0. The molecule has 4 nitrogen and oxygen atoms in total. The maximum atomic E-state index is 12.0. The van der Waals surface area contributed by atoms with Crippen LogP contribution in [0.3, 0.4) is 0 Å². The summed E-state index contributed by atoms with van der Waals surface area (Å²) in [5.74, 6) is 0.280. The molecule has 0 aromatic rings. The molecule has 0 aromatic heterocycles. The highest BCUT2D eigenvalue weighted by Crippen LogP contribution is 2.14. The molecule has 0 aromatic carbocycles. The van der Waals surface area contributed by atoms with Crippen molar-refractivity contribution < 1.29 is 8.42 Å². The van der Waals surface area contributed by atoms with Crippen molar-refractivity contribution in [3.05, 3.63) is 11.6 Å². The Bertz CT molecular complexity index is 336. The van der Waals surface area contributed by atoms with Crippen LogP contribution in [0.5, 0.6) is 0 Å². The van der Waals surface area contributed by atoms with Crippen molar-refractivity contribution in [3.8, 4) is 0 Å². The second-order valence-corrected chi connectivity index (χ2v) is 6.39. The molecule has 0 radical (unpaired) electrons. The van der Waals surface area contributed by atoms with Gasteiger partial charge in [-0.1, -0.05) is 11.6 Å². The third-order valence-electron chi connectivity index (χ3n) is 2.77. The SMILES string of the molecule is CNCCCCS(=O)(=O)N1CCC=C(C)C1. The summed E-state index contributed by atoms with van der Waals surface area (Å²) in [6.45, 7) is 4.09. The number of rotatable bonds is 6. The van der Waals surface area contributed by atoms with Crippen LogP contribution in [0.1, 0.15) is 26.2 Å². The first-order chi connectivity index (χ1) is 7.56. The van der Waals surface area contributed by atoms with Crippen molar-refractivity contribution >= 4 is 10.0 Å². The summed E-state index contributed by atoms with van der Waals surface area (Å²) in [5.41, 5.74) is 1.16. The first-order valence-electron chi connectivity index (χ1n) is 5.84. The van der Waals surface area contributed by atoms with E-state index in [1.807, 2.05) is 14.0 Å². The molecule has 0 saturated carbocycles. The Morgan fingerprint density at radius 2 is 2.19 bits per heavy atom. The van der Waals surface area contributed by atoms with Gasteiger partial charge in [-0.05, 0) is 39.8 Å². The summed E-state index contributed by atoms with van der Waals surface area (Å²) in [6, 6.07) is 0. The van der Waals surface area contributed by atoms with Gasteiger partial charge in [0.25, 0.3) is 0 Å². The van der Waals surface area contributed by atoms with E-state index in [0.717, 1.165) is 31.4 Å². The van der Waals surface area contributed by atoms with Crippen molar-refractivity contribution in [3.63, 3.8) is 0 Å². The van der Waals surface area contributed by atoms with E-state index in [1.54, 1.807) is 4.31 Å². The van der Waals surface area contributed by atoms with Crippen LogP contribution in [0.2, 0.25) is 0 Å². The molecule has 1 rings (SSSR count). The van der Waals surface area contributed by atoms with Crippen LogP contribution in [0.25, 0.3) is 0 Å². The van der Waals surface area contributed by atoms with Crippen molar-refractivity contribution in [1.29, 1.82) is 0 Å². The fourth-order valence-corrected chi connectivity index (χ4v) is 3.44. The number of sulfonamides is 1. The van der Waals surface area contributed by atoms with Gasteiger partial charge in [-0.2, -0.15) is 4.31 Å². The zero-order valence-corrected chi connectivity index (χ0v) is 11.0. The first-order valence-corrected chi connectivity index (χ1v) is 7.45. The van der Waals surface area contributed by atoms with Crippen molar-refractivity contribution in [2.24, 2.45) is 0 Å². The highest BCUT2D eigenvalue weighted by atomic mass is 32.2. The molecule has 1 aliphatic rings. The van der Waals surface area contributed by atoms with Crippen LogP contribution in [-0.2, 0) is 10.0 Å². The van der Waals surface area contributed by atoms with Crippen molar-refractivity contribution in [2.75, 3.05) is 32.4 Å². The summed E-state index contributed by atoms with van der Waals surface area (Å²) >= 11 is 0. The average Bonchev–Trinajstić information content (AvgIpc) is 2.24. The summed E-state index contributed by atoms with van der Waals surface area (Å²) < 4.78 is 25.6. The van der Waals surface area contributed by atoms with E-state index in [4.69, 9.17) is 0 Å². The Kier molecular flexibility index (Phi) is 5.44. The van der Waals surface area contributed by atoms with Gasteiger partial charge in [0.15, 0.2) is 0 Å². The lowest BCUT2D eigenvalue weighted by Crippen LogP contribution is -2.37. The number of nitrogens with one attached hydrogen (secondary N) is 1. The van der Waals surface area contributed by atoms with Crippen molar-refractivity contribution in [2.45, 2.75) is 26.2 Å². The first kappa shape index (κ1) is 13.7. The van der Waals surface area contributed by atoms with Gasteiger partial charge >= 0.3 is 0 Å². The van der Waals surface area contributed by atoms with E-state index < -0.39 is 10.0 Å². The van der Waals surface area contributed by atoms with Gasteiger partial charge in [0, 0.05) is 13.1 Å². The van der Waals surface area contributed by atoms with E-state index in [-0.39, 0.29) is 5.75 Å². The third-order valence-corrected chi connectivity index (χ3v) is 4.67. The predicted octanol–water partition coefficient (Wildman–Crippen LogP) is 0.968. The van der Waals surface area contributed by atoms with Crippen LogP contribution in [-0.4, -0.2) is 45.2 Å². The quantitative estimate of drug-likeness (QED) is 0.561. The van der Waals surface area contributed by atoms with Crippen molar-refractivity contribution in [1.82, 2.24) is 9.62 Å². The van der Waals surface area contributed by atoms with E-state index in [2.05, 4.69) is 11.4 Å². The van der Waals surface area contributed by atoms with E-state index in [1.165, 1.54) is 0 Å². The maximum Gasteiger partial charge on any atom is 0.214 e. The summed E-state index contributed by atoms with van der Waals surface area (Å²) in [4.78, 5) is 0. The summed E-state index contributed by atoms with van der Waals surface area (Å²) in [6.07, 6.45) is 4.62. The van der Waals surface area contributed by atoms with Gasteiger partial charge in [-0.3, -0.25) is 0 Å². The average molecular weight is 246 g/mol. The van der Waals surface area contributed by atoms with E-state index in [0.29, 0.717) is 13.1 Å². The van der Waals surface area contributed by atoms with Crippen LogP contribution in [0.4, 0.5) is 0 Å². The monoisotopic (exact) mass is 246 g/mol. The second kappa shape index (κ2) is 6.37. The molecule has 0 spiro atoms. The van der Waals surface area contributed by atoms with Gasteiger partial charge in [0.1, 0.15) is 0 Å². The number of unbranched alkanes of at least 4 members (excludes halogenated alkanes) is 1. The van der Waals surface area contributed by atoms with E-state index >= 15 is 0 Å². The van der Waals surface area contributed by atoms with Gasteiger partial charge in [0.2, 0.25) is 10.0 Å². The lowest BCUT2D eigenvalue weighted by Gasteiger charge is -2.25. The molecule has 0 saturated heterocycles. The van der Waals surface area contributed by atoms with Gasteiger partial charge in [-0.25, -0.2) is 8.42 Å². The maximum absolute atomic E-state index is 12.0. The largest absolute Gasteiger partial charge is 0.320 e. The molecule has 1 N–H and O–H groups in total. The molecule has 16 heavy (non-hydrogen) atoms. The Morgan fingerprint density at radius 3 is 2.81 bits per heavy atom. The normalized spacial score (nSPS) is 18.5. The molecular weight excluding hydrogens is 224 g/mol. The second-order valence-electron chi connectivity index (χ2n) is 4.30. The fourth-order valence-electron chi connectivity index (χ4n) is 1.83. The standard InChI is InChI=1S/C11H22N2O2S/c1-11-6-5-8-13(10-11)16(14,15)9-4-3-7-12-2/h6,12H,3-5,7-10H2,1-2H3. The molecule has 1 aliphatic heterocycles. The van der Waals surface area contributed by atoms with Crippen LogP contribution in [0, 0.1) is 0 Å². The number of hydrogen-bond acceptors (Lipinski definition) is 3. The Morgan fingerprint density at radius 1 is 1.44 bits per heavy atom. The lowest BCUT2D eigenvalue weighted by molar-refractivity contribution is 0.426. The molecule has 0 bridgehead atoms. The lowest BCUT2D eigenvalue weighted by atomic mass is 10.2. The molecule has 0 atom stereocenters. The highest BCUT2D eigenvalue weighted by Gasteiger charge is 2.22. The van der Waals surface area contributed by atoms with Gasteiger partial charge in [-0.15, -0.1) is 0 Å². The molecule has 0 fully saturated rings. The topological polar surface area (TPSA) is 49.4 Å². The smallest absolute Gasteiger partial charge is 0.214 e. The third kappa shape index (κ3) is 4.23. The van der Waals surface area contributed by atoms with E-state index in [9.17, 15) is 8.42 Å². The zero-order valence-electron chi connectivity index (χ0n) is 10.2. The summed E-state index contributed by atoms with van der Waals surface area (Å²) in [5, 5.41) is 3.02. The minimum Gasteiger partial charge on any atom is -0.320 e. The Labute approximate surface area is 98.8 Å². The van der Waals surface area contributed by atoms with Gasteiger partial charge in [0.05, 0.1) is 5.75 Å².